The number of rotatable bonds is 5. The molecule has 1 N–H and O–H groups in total. The van der Waals surface area contributed by atoms with Crippen LogP contribution in [0.25, 0.3) is 10.6 Å². The summed E-state index contributed by atoms with van der Waals surface area (Å²) in [7, 11) is 1.82. The molecule has 9 heteroatoms. The van der Waals surface area contributed by atoms with Crippen molar-refractivity contribution in [1.29, 1.82) is 0 Å². The van der Waals surface area contributed by atoms with E-state index in [0.717, 1.165) is 17.6 Å². The second-order valence-electron chi connectivity index (χ2n) is 6.40. The van der Waals surface area contributed by atoms with Crippen LogP contribution in [0.3, 0.4) is 0 Å². The zero-order valence-electron chi connectivity index (χ0n) is 14.4. The first kappa shape index (κ1) is 18.2. The van der Waals surface area contributed by atoms with Crippen LogP contribution < -0.4 is 4.80 Å². The summed E-state index contributed by atoms with van der Waals surface area (Å²) >= 11 is 1.42. The first-order valence-corrected chi connectivity index (χ1v) is 9.32. The first-order valence-electron chi connectivity index (χ1n) is 8.50. The van der Waals surface area contributed by atoms with Gasteiger partial charge in [0.2, 0.25) is 11.3 Å². The van der Waals surface area contributed by atoms with Crippen molar-refractivity contribution >= 4 is 17.3 Å². The number of hydrogen-bond acceptors (Lipinski definition) is 6. The van der Waals surface area contributed by atoms with Gasteiger partial charge in [-0.25, -0.2) is 9.48 Å². The van der Waals surface area contributed by atoms with Crippen LogP contribution in [-0.2, 0) is 13.6 Å². The summed E-state index contributed by atoms with van der Waals surface area (Å²) in [4.78, 5) is 27.2. The van der Waals surface area contributed by atoms with E-state index in [2.05, 4.69) is 5.10 Å². The Balaban J connectivity index is 1.96. The van der Waals surface area contributed by atoms with Crippen molar-refractivity contribution in [2.24, 2.45) is 12.0 Å². The number of aryl methyl sites for hydroxylation is 1. The molecule has 26 heavy (non-hydrogen) atoms. The lowest BCUT2D eigenvalue weighted by atomic mass is 9.96. The molecule has 138 valence electrons. The highest BCUT2D eigenvalue weighted by molar-refractivity contribution is 7.12. The first-order chi connectivity index (χ1) is 12.4. The third kappa shape index (κ3) is 4.16. The van der Waals surface area contributed by atoms with Gasteiger partial charge in [-0.3, -0.25) is 15.1 Å². The van der Waals surface area contributed by atoms with E-state index < -0.39 is 17.4 Å². The molecule has 0 bridgehead atoms. The summed E-state index contributed by atoms with van der Waals surface area (Å²) in [6, 6.07) is 4.89. The molecule has 1 fully saturated rings. The average molecular weight is 376 g/mol. The molecule has 1 aromatic heterocycles. The Labute approximate surface area is 154 Å². The van der Waals surface area contributed by atoms with Gasteiger partial charge in [-0.2, -0.15) is 5.10 Å². The molecule has 0 radical (unpaired) electrons. The molecule has 3 rings (SSSR count). The summed E-state index contributed by atoms with van der Waals surface area (Å²) in [5.41, 5.74) is 0.777. The molecule has 0 unspecified atom stereocenters. The highest BCUT2D eigenvalue weighted by Crippen LogP contribution is 2.24. The molecule has 0 spiro atoms. The van der Waals surface area contributed by atoms with Gasteiger partial charge in [-0.05, 0) is 25.0 Å². The van der Waals surface area contributed by atoms with Gasteiger partial charge in [0.25, 0.3) is 0 Å². The molecule has 0 atom stereocenters. The summed E-state index contributed by atoms with van der Waals surface area (Å²) in [6.45, 7) is -0.535. The van der Waals surface area contributed by atoms with Gasteiger partial charge < -0.3 is 5.11 Å². The van der Waals surface area contributed by atoms with Crippen molar-refractivity contribution in [3.8, 4) is 10.6 Å². The molecule has 1 heterocycles. The minimum Gasteiger partial charge on any atom is -0.478 e. The maximum Gasteiger partial charge on any atom is 0.336 e. The van der Waals surface area contributed by atoms with Gasteiger partial charge in [-0.1, -0.05) is 36.7 Å². The van der Waals surface area contributed by atoms with Gasteiger partial charge in [0.1, 0.15) is 5.01 Å². The maximum atomic E-state index is 11.3. The second kappa shape index (κ2) is 7.77. The second-order valence-corrected chi connectivity index (χ2v) is 7.36. The Morgan fingerprint density at radius 3 is 2.81 bits per heavy atom. The van der Waals surface area contributed by atoms with Crippen LogP contribution >= 0.6 is 11.3 Å². The molecule has 0 amide bonds. The van der Waals surface area contributed by atoms with Gasteiger partial charge >= 0.3 is 5.97 Å². The quantitative estimate of drug-likeness (QED) is 0.637. The fourth-order valence-corrected chi connectivity index (χ4v) is 4.11. The Morgan fingerprint density at radius 1 is 1.42 bits per heavy atom. The zero-order valence-corrected chi connectivity index (χ0v) is 15.2. The Morgan fingerprint density at radius 2 is 2.15 bits per heavy atom. The van der Waals surface area contributed by atoms with Crippen LogP contribution in [0.15, 0.2) is 23.2 Å². The highest BCUT2D eigenvalue weighted by atomic mass is 32.1. The standard InChI is InChI=1S/C17H20N4O4S/c1-20-17(18-13-5-3-2-4-6-13)26-15(19-20)11-7-8-14(16(22)23)12(9-11)10-21(24)25/h7-9,13H,2-6,10H2,1H3,(H,22,23). The number of hydrogen-bond donors (Lipinski definition) is 1. The van der Waals surface area contributed by atoms with E-state index in [1.54, 1.807) is 10.7 Å². The normalized spacial score (nSPS) is 16.0. The summed E-state index contributed by atoms with van der Waals surface area (Å²) < 4.78 is 1.72. The molecule has 0 saturated heterocycles. The summed E-state index contributed by atoms with van der Waals surface area (Å²) in [5, 5.41) is 25.2. The predicted molar refractivity (Wildman–Crippen MR) is 96.6 cm³/mol. The molecular formula is C17H20N4O4S. The number of nitro groups is 1. The number of carboxylic acid groups (broad SMARTS) is 1. The van der Waals surface area contributed by atoms with E-state index in [4.69, 9.17) is 4.99 Å². The van der Waals surface area contributed by atoms with Crippen LogP contribution in [0.2, 0.25) is 0 Å². The molecule has 1 saturated carbocycles. The van der Waals surface area contributed by atoms with Crippen LogP contribution in [0.1, 0.15) is 48.0 Å². The van der Waals surface area contributed by atoms with Crippen LogP contribution in [0.4, 0.5) is 0 Å². The monoisotopic (exact) mass is 376 g/mol. The lowest BCUT2D eigenvalue weighted by Crippen LogP contribution is -2.18. The molecule has 1 aromatic carbocycles. The molecule has 1 aliphatic carbocycles. The smallest absolute Gasteiger partial charge is 0.336 e. The Kier molecular flexibility index (Phi) is 5.46. The Bertz CT molecular complexity index is 896. The van der Waals surface area contributed by atoms with E-state index in [1.807, 2.05) is 7.05 Å². The predicted octanol–water partition coefficient (Wildman–Crippen LogP) is 2.86. The molecular weight excluding hydrogens is 356 g/mol. The lowest BCUT2D eigenvalue weighted by Gasteiger charge is -2.16. The fraction of sp³-hybridized carbons (Fsp3) is 0.471. The number of aromatic nitrogens is 2. The molecule has 8 nitrogen and oxygen atoms in total. The zero-order chi connectivity index (χ0) is 18.7. The van der Waals surface area contributed by atoms with E-state index in [9.17, 15) is 20.0 Å². The Hall–Kier alpha value is -2.55. The van der Waals surface area contributed by atoms with Crippen LogP contribution in [0.5, 0.6) is 0 Å². The van der Waals surface area contributed by atoms with Crippen molar-refractivity contribution in [2.75, 3.05) is 0 Å². The molecule has 0 aliphatic heterocycles. The van der Waals surface area contributed by atoms with Gasteiger partial charge in [0.15, 0.2) is 0 Å². The number of carboxylic acids is 1. The number of nitrogens with zero attached hydrogens (tertiary/aromatic N) is 4. The van der Waals surface area contributed by atoms with E-state index in [1.165, 1.54) is 42.7 Å². The highest BCUT2D eigenvalue weighted by Gasteiger charge is 2.17. The minimum atomic E-state index is -1.17. The average Bonchev–Trinajstić information content (AvgIpc) is 2.96. The number of aromatic carboxylic acids is 1. The van der Waals surface area contributed by atoms with Crippen LogP contribution in [0, 0.1) is 10.1 Å². The summed E-state index contributed by atoms with van der Waals surface area (Å²) in [6.07, 6.45) is 5.84. The van der Waals surface area contributed by atoms with Crippen molar-refractivity contribution in [3.05, 3.63) is 44.2 Å². The van der Waals surface area contributed by atoms with Crippen molar-refractivity contribution in [3.63, 3.8) is 0 Å². The van der Waals surface area contributed by atoms with Gasteiger partial charge in [-0.15, -0.1) is 0 Å². The van der Waals surface area contributed by atoms with Crippen molar-refractivity contribution in [1.82, 2.24) is 9.78 Å². The third-order valence-electron chi connectivity index (χ3n) is 4.46. The van der Waals surface area contributed by atoms with Gasteiger partial charge in [0.05, 0.1) is 11.6 Å². The van der Waals surface area contributed by atoms with Crippen LogP contribution in [-0.4, -0.2) is 31.8 Å². The maximum absolute atomic E-state index is 11.3. The minimum absolute atomic E-state index is 0.0569. The molecule has 1 aliphatic rings. The molecule has 2 aromatic rings. The summed E-state index contributed by atoms with van der Waals surface area (Å²) in [5.74, 6) is -1.17. The topological polar surface area (TPSA) is 111 Å². The van der Waals surface area contributed by atoms with Crippen molar-refractivity contribution in [2.45, 2.75) is 44.7 Å². The van der Waals surface area contributed by atoms with E-state index >= 15 is 0 Å². The number of benzene rings is 1. The van der Waals surface area contributed by atoms with E-state index in [-0.39, 0.29) is 11.1 Å². The van der Waals surface area contributed by atoms with Gasteiger partial charge in [0, 0.05) is 23.1 Å². The fourth-order valence-electron chi connectivity index (χ4n) is 3.15. The third-order valence-corrected chi connectivity index (χ3v) is 5.52. The van der Waals surface area contributed by atoms with Crippen molar-refractivity contribution < 1.29 is 14.8 Å². The van der Waals surface area contributed by atoms with E-state index in [0.29, 0.717) is 16.6 Å². The SMILES string of the molecule is Cn1nc(-c2ccc(C(=O)O)c(C[N+](=O)[O-])c2)sc1=NC1CCCCC1. The number of carbonyl (C=O) groups is 1. The lowest BCUT2D eigenvalue weighted by molar-refractivity contribution is -0.496. The largest absolute Gasteiger partial charge is 0.478 e.